The van der Waals surface area contributed by atoms with Crippen LogP contribution >= 0.6 is 0 Å². The van der Waals surface area contributed by atoms with E-state index in [0.717, 1.165) is 11.1 Å². The van der Waals surface area contributed by atoms with Gasteiger partial charge in [0.1, 0.15) is 0 Å². The summed E-state index contributed by atoms with van der Waals surface area (Å²) in [6, 6.07) is 16.1. The Hall–Kier alpha value is -1.64. The lowest BCUT2D eigenvalue weighted by Gasteiger charge is -2.21. The summed E-state index contributed by atoms with van der Waals surface area (Å²) in [5, 5.41) is 0. The molecule has 94 valence electrons. The van der Waals surface area contributed by atoms with Crippen LogP contribution in [0.4, 0.5) is 0 Å². The Morgan fingerprint density at radius 3 is 1.17 bits per heavy atom. The van der Waals surface area contributed by atoms with Gasteiger partial charge in [-0.3, -0.25) is 0 Å². The number of hydrogen-bond donors (Lipinski definition) is 2. The van der Waals surface area contributed by atoms with Crippen molar-refractivity contribution >= 4 is 0 Å². The Morgan fingerprint density at radius 2 is 0.889 bits per heavy atom. The molecular formula is C16H20N2. The molecule has 2 aromatic carbocycles. The van der Waals surface area contributed by atoms with Gasteiger partial charge in [-0.15, -0.1) is 0 Å². The first-order valence-corrected chi connectivity index (χ1v) is 6.22. The zero-order valence-electron chi connectivity index (χ0n) is 10.9. The Kier molecular flexibility index (Phi) is 3.80. The predicted octanol–water partition coefficient (Wildman–Crippen LogP) is 3.00. The van der Waals surface area contributed by atoms with Crippen LogP contribution in [0.2, 0.25) is 0 Å². The summed E-state index contributed by atoms with van der Waals surface area (Å²) in [7, 11) is 0. The SMILES string of the molecule is Cc1ccc([C@@H](N)[C@@H](N)c2ccc(C)cc2)cc1. The third-order valence-corrected chi connectivity index (χ3v) is 3.31. The molecule has 0 spiro atoms. The number of nitrogens with two attached hydrogens (primary N) is 2. The molecule has 2 heteroatoms. The molecule has 0 unspecified atom stereocenters. The van der Waals surface area contributed by atoms with Crippen LogP contribution < -0.4 is 11.5 Å². The van der Waals surface area contributed by atoms with Crippen LogP contribution in [-0.4, -0.2) is 0 Å². The number of benzene rings is 2. The van der Waals surface area contributed by atoms with E-state index in [9.17, 15) is 0 Å². The Morgan fingerprint density at radius 1 is 0.611 bits per heavy atom. The molecule has 0 bridgehead atoms. The van der Waals surface area contributed by atoms with Crippen molar-refractivity contribution in [2.75, 3.05) is 0 Å². The monoisotopic (exact) mass is 240 g/mol. The van der Waals surface area contributed by atoms with Crippen molar-refractivity contribution in [1.82, 2.24) is 0 Å². The molecule has 0 radical (unpaired) electrons. The second kappa shape index (κ2) is 5.34. The van der Waals surface area contributed by atoms with Crippen molar-refractivity contribution in [3.63, 3.8) is 0 Å². The normalized spacial score (nSPS) is 14.2. The van der Waals surface area contributed by atoms with Gasteiger partial charge in [0, 0.05) is 12.1 Å². The summed E-state index contributed by atoms with van der Waals surface area (Å²) in [6.07, 6.45) is 0. The number of aryl methyl sites for hydroxylation is 2. The lowest BCUT2D eigenvalue weighted by molar-refractivity contribution is 0.574. The molecule has 0 aliphatic carbocycles. The van der Waals surface area contributed by atoms with Gasteiger partial charge >= 0.3 is 0 Å². The Bertz CT molecular complexity index is 450. The quantitative estimate of drug-likeness (QED) is 0.866. The molecule has 2 atom stereocenters. The smallest absolute Gasteiger partial charge is 0.0491 e. The van der Waals surface area contributed by atoms with E-state index in [2.05, 4.69) is 38.1 Å². The topological polar surface area (TPSA) is 52.0 Å². The molecule has 4 N–H and O–H groups in total. The van der Waals surface area contributed by atoms with E-state index in [1.165, 1.54) is 11.1 Å². The largest absolute Gasteiger partial charge is 0.322 e. The van der Waals surface area contributed by atoms with E-state index in [-0.39, 0.29) is 12.1 Å². The molecule has 0 fully saturated rings. The van der Waals surface area contributed by atoms with Gasteiger partial charge in [-0.1, -0.05) is 59.7 Å². The van der Waals surface area contributed by atoms with Gasteiger partial charge < -0.3 is 11.5 Å². The van der Waals surface area contributed by atoms with E-state index in [1.54, 1.807) is 0 Å². The van der Waals surface area contributed by atoms with E-state index in [1.807, 2.05) is 24.3 Å². The Labute approximate surface area is 109 Å². The summed E-state index contributed by atoms with van der Waals surface area (Å²) in [5.41, 5.74) is 17.1. The summed E-state index contributed by atoms with van der Waals surface area (Å²) in [4.78, 5) is 0. The highest BCUT2D eigenvalue weighted by atomic mass is 14.8. The maximum atomic E-state index is 6.23. The van der Waals surface area contributed by atoms with Crippen molar-refractivity contribution in [3.8, 4) is 0 Å². The maximum Gasteiger partial charge on any atom is 0.0491 e. The van der Waals surface area contributed by atoms with Crippen LogP contribution in [0.15, 0.2) is 48.5 Å². The van der Waals surface area contributed by atoms with Gasteiger partial charge in [-0.25, -0.2) is 0 Å². The van der Waals surface area contributed by atoms with Gasteiger partial charge in [0.2, 0.25) is 0 Å². The zero-order valence-corrected chi connectivity index (χ0v) is 10.9. The molecular weight excluding hydrogens is 220 g/mol. The molecule has 2 aromatic rings. The molecule has 0 aliphatic rings. The molecule has 0 amide bonds. The fourth-order valence-corrected chi connectivity index (χ4v) is 1.99. The third-order valence-electron chi connectivity index (χ3n) is 3.31. The van der Waals surface area contributed by atoms with Gasteiger partial charge in [-0.05, 0) is 25.0 Å². The first-order chi connectivity index (χ1) is 8.58. The minimum Gasteiger partial charge on any atom is -0.322 e. The first kappa shape index (κ1) is 12.8. The summed E-state index contributed by atoms with van der Waals surface area (Å²) in [6.45, 7) is 4.13. The summed E-state index contributed by atoms with van der Waals surface area (Å²) in [5.74, 6) is 0. The van der Waals surface area contributed by atoms with E-state index >= 15 is 0 Å². The van der Waals surface area contributed by atoms with Crippen LogP contribution in [0.25, 0.3) is 0 Å². The highest BCUT2D eigenvalue weighted by molar-refractivity contribution is 5.30. The molecule has 2 rings (SSSR count). The van der Waals surface area contributed by atoms with Crippen LogP contribution in [0.1, 0.15) is 34.3 Å². The van der Waals surface area contributed by atoms with Gasteiger partial charge in [-0.2, -0.15) is 0 Å². The van der Waals surface area contributed by atoms with Crippen LogP contribution in [-0.2, 0) is 0 Å². The van der Waals surface area contributed by atoms with Crippen molar-refractivity contribution in [2.45, 2.75) is 25.9 Å². The second-order valence-electron chi connectivity index (χ2n) is 4.87. The minimum absolute atomic E-state index is 0.173. The summed E-state index contributed by atoms with van der Waals surface area (Å²) >= 11 is 0. The Balaban J connectivity index is 2.20. The van der Waals surface area contributed by atoms with Crippen LogP contribution in [0.3, 0.4) is 0 Å². The number of hydrogen-bond acceptors (Lipinski definition) is 2. The third kappa shape index (κ3) is 2.78. The highest BCUT2D eigenvalue weighted by Crippen LogP contribution is 2.24. The average molecular weight is 240 g/mol. The fourth-order valence-electron chi connectivity index (χ4n) is 1.99. The van der Waals surface area contributed by atoms with E-state index < -0.39 is 0 Å². The van der Waals surface area contributed by atoms with Gasteiger partial charge in [0.25, 0.3) is 0 Å². The van der Waals surface area contributed by atoms with Gasteiger partial charge in [0.15, 0.2) is 0 Å². The first-order valence-electron chi connectivity index (χ1n) is 6.22. The molecule has 0 aromatic heterocycles. The standard InChI is InChI=1S/C16H20N2/c1-11-3-7-13(8-4-11)15(17)16(18)14-9-5-12(2)6-10-14/h3-10,15-16H,17-18H2,1-2H3/t15-,16+. The molecule has 0 aliphatic heterocycles. The van der Waals surface area contributed by atoms with E-state index in [4.69, 9.17) is 11.5 Å². The molecule has 0 heterocycles. The predicted molar refractivity (Wildman–Crippen MR) is 76.2 cm³/mol. The second-order valence-corrected chi connectivity index (χ2v) is 4.87. The minimum atomic E-state index is -0.173. The lowest BCUT2D eigenvalue weighted by Crippen LogP contribution is -2.26. The number of rotatable bonds is 3. The van der Waals surface area contributed by atoms with Gasteiger partial charge in [0.05, 0.1) is 0 Å². The van der Waals surface area contributed by atoms with Crippen molar-refractivity contribution in [3.05, 3.63) is 70.8 Å². The van der Waals surface area contributed by atoms with Crippen molar-refractivity contribution in [1.29, 1.82) is 0 Å². The fraction of sp³-hybridized carbons (Fsp3) is 0.250. The summed E-state index contributed by atoms with van der Waals surface area (Å²) < 4.78 is 0. The molecule has 2 nitrogen and oxygen atoms in total. The molecule has 0 saturated carbocycles. The van der Waals surface area contributed by atoms with Crippen molar-refractivity contribution in [2.24, 2.45) is 11.5 Å². The van der Waals surface area contributed by atoms with E-state index in [0.29, 0.717) is 0 Å². The highest BCUT2D eigenvalue weighted by Gasteiger charge is 2.16. The lowest BCUT2D eigenvalue weighted by atomic mass is 9.94. The molecule has 18 heavy (non-hydrogen) atoms. The van der Waals surface area contributed by atoms with Crippen molar-refractivity contribution < 1.29 is 0 Å². The maximum absolute atomic E-state index is 6.23. The van der Waals surface area contributed by atoms with Crippen LogP contribution in [0.5, 0.6) is 0 Å². The van der Waals surface area contributed by atoms with Crippen LogP contribution in [0, 0.1) is 13.8 Å². The zero-order chi connectivity index (χ0) is 13.1. The average Bonchev–Trinajstić information content (AvgIpc) is 2.39. The molecule has 0 saturated heterocycles.